The Bertz CT molecular complexity index is 826. The Kier molecular flexibility index (Phi) is 6.63. The van der Waals surface area contributed by atoms with Gasteiger partial charge in [-0.15, -0.1) is 0 Å². The summed E-state index contributed by atoms with van der Waals surface area (Å²) in [6.45, 7) is 1.86. The molecule has 0 heterocycles. The van der Waals surface area contributed by atoms with Crippen LogP contribution in [0.15, 0.2) is 60.3 Å². The highest BCUT2D eigenvalue weighted by Gasteiger charge is 2.14. The van der Waals surface area contributed by atoms with Crippen LogP contribution in [0.3, 0.4) is 0 Å². The van der Waals surface area contributed by atoms with E-state index in [0.717, 1.165) is 5.56 Å². The van der Waals surface area contributed by atoms with Crippen LogP contribution in [0.1, 0.15) is 18.5 Å². The number of anilines is 1. The smallest absolute Gasteiger partial charge is 0.263 e. The van der Waals surface area contributed by atoms with E-state index < -0.39 is 5.91 Å². The van der Waals surface area contributed by atoms with Crippen LogP contribution in [0.4, 0.5) is 5.69 Å². The summed E-state index contributed by atoms with van der Waals surface area (Å²) in [7, 11) is 3.09. The molecule has 0 spiro atoms. The lowest BCUT2D eigenvalue weighted by Crippen LogP contribution is -2.28. The molecule has 0 saturated heterocycles. The van der Waals surface area contributed by atoms with Crippen LogP contribution in [0.2, 0.25) is 0 Å². The lowest BCUT2D eigenvalue weighted by Gasteiger charge is -2.14. The number of hydrogen-bond donors (Lipinski definition) is 2. The van der Waals surface area contributed by atoms with E-state index in [4.69, 9.17) is 9.47 Å². The Morgan fingerprint density at radius 2 is 1.88 bits per heavy atom. The number of benzene rings is 2. The molecule has 0 radical (unpaired) electrons. The zero-order chi connectivity index (χ0) is 18.9. The summed E-state index contributed by atoms with van der Waals surface area (Å²) in [6, 6.07) is 16.4. The molecular formula is C20H21N3O3. The number of ether oxygens (including phenoxy) is 2. The molecule has 134 valence electrons. The van der Waals surface area contributed by atoms with Gasteiger partial charge in [0.1, 0.15) is 23.1 Å². The summed E-state index contributed by atoms with van der Waals surface area (Å²) < 4.78 is 10.4. The Hall–Kier alpha value is -3.46. The van der Waals surface area contributed by atoms with E-state index in [1.54, 1.807) is 25.3 Å². The first-order chi connectivity index (χ1) is 12.6. The van der Waals surface area contributed by atoms with E-state index >= 15 is 0 Å². The summed E-state index contributed by atoms with van der Waals surface area (Å²) in [6.07, 6.45) is 1.36. The Balaban J connectivity index is 2.10. The van der Waals surface area contributed by atoms with Gasteiger partial charge in [-0.3, -0.25) is 4.79 Å². The van der Waals surface area contributed by atoms with Gasteiger partial charge in [-0.1, -0.05) is 30.3 Å². The fourth-order valence-electron chi connectivity index (χ4n) is 2.32. The van der Waals surface area contributed by atoms with E-state index in [2.05, 4.69) is 10.6 Å². The van der Waals surface area contributed by atoms with Crippen molar-refractivity contribution in [2.45, 2.75) is 13.0 Å². The van der Waals surface area contributed by atoms with Crippen LogP contribution >= 0.6 is 0 Å². The average Bonchev–Trinajstić information content (AvgIpc) is 2.69. The van der Waals surface area contributed by atoms with Gasteiger partial charge in [0.25, 0.3) is 5.91 Å². The highest BCUT2D eigenvalue weighted by molar-refractivity contribution is 5.97. The second kappa shape index (κ2) is 9.14. The van der Waals surface area contributed by atoms with Gasteiger partial charge in [0.15, 0.2) is 0 Å². The standard InChI is InChI=1S/C20H21N3O3/c1-14(15-7-5-4-6-8-15)23-20(24)16(12-21)13-22-18-10-9-17(25-2)11-19(18)26-3/h4-11,13-14,22H,1-3H3,(H,23,24)/b16-13-. The van der Waals surface area contributed by atoms with Crippen LogP contribution in [0.5, 0.6) is 11.5 Å². The molecule has 1 amide bonds. The summed E-state index contributed by atoms with van der Waals surface area (Å²) in [5, 5.41) is 15.0. The third-order valence-corrected chi connectivity index (χ3v) is 3.79. The van der Waals surface area contributed by atoms with Crippen molar-refractivity contribution in [3.63, 3.8) is 0 Å². The summed E-state index contributed by atoms with van der Waals surface area (Å²) >= 11 is 0. The highest BCUT2D eigenvalue weighted by atomic mass is 16.5. The zero-order valence-electron chi connectivity index (χ0n) is 14.9. The fraction of sp³-hybridized carbons (Fsp3) is 0.200. The summed E-state index contributed by atoms with van der Waals surface area (Å²) in [5.41, 5.74) is 1.54. The molecule has 0 bridgehead atoms. The molecule has 0 aliphatic heterocycles. The van der Waals surface area contributed by atoms with Crippen molar-refractivity contribution in [3.05, 3.63) is 65.9 Å². The van der Waals surface area contributed by atoms with E-state index in [1.807, 2.05) is 43.3 Å². The van der Waals surface area contributed by atoms with Crippen LogP contribution in [-0.4, -0.2) is 20.1 Å². The van der Waals surface area contributed by atoms with Crippen molar-refractivity contribution in [1.29, 1.82) is 5.26 Å². The molecule has 2 aromatic carbocycles. The van der Waals surface area contributed by atoms with Crippen LogP contribution < -0.4 is 20.1 Å². The summed E-state index contributed by atoms with van der Waals surface area (Å²) in [4.78, 5) is 12.3. The van der Waals surface area contributed by atoms with Crippen LogP contribution in [0.25, 0.3) is 0 Å². The topological polar surface area (TPSA) is 83.4 Å². The third kappa shape index (κ3) is 4.77. The molecule has 0 fully saturated rings. The predicted octanol–water partition coefficient (Wildman–Crippen LogP) is 3.40. The number of carbonyl (C=O) groups is 1. The second-order valence-electron chi connectivity index (χ2n) is 5.49. The normalized spacial score (nSPS) is 11.8. The van der Waals surface area contributed by atoms with Crippen molar-refractivity contribution in [2.75, 3.05) is 19.5 Å². The van der Waals surface area contributed by atoms with Gasteiger partial charge in [0.05, 0.1) is 25.9 Å². The van der Waals surface area contributed by atoms with Gasteiger partial charge in [0, 0.05) is 12.3 Å². The molecule has 2 aromatic rings. The van der Waals surface area contributed by atoms with Gasteiger partial charge in [-0.05, 0) is 24.6 Å². The lowest BCUT2D eigenvalue weighted by atomic mass is 10.1. The van der Waals surface area contributed by atoms with E-state index in [0.29, 0.717) is 17.2 Å². The van der Waals surface area contributed by atoms with Gasteiger partial charge in [0.2, 0.25) is 0 Å². The fourth-order valence-corrected chi connectivity index (χ4v) is 2.32. The molecule has 6 heteroatoms. The minimum atomic E-state index is -0.455. The third-order valence-electron chi connectivity index (χ3n) is 3.79. The zero-order valence-corrected chi connectivity index (χ0v) is 14.9. The van der Waals surface area contributed by atoms with Crippen LogP contribution in [0, 0.1) is 11.3 Å². The number of carbonyl (C=O) groups excluding carboxylic acids is 1. The molecule has 0 aromatic heterocycles. The molecule has 1 atom stereocenters. The van der Waals surface area contributed by atoms with E-state index in [-0.39, 0.29) is 11.6 Å². The molecule has 1 unspecified atom stereocenters. The number of nitrogens with one attached hydrogen (secondary N) is 2. The van der Waals surface area contributed by atoms with Crippen molar-refractivity contribution in [1.82, 2.24) is 5.32 Å². The predicted molar refractivity (Wildman–Crippen MR) is 99.9 cm³/mol. The molecule has 26 heavy (non-hydrogen) atoms. The number of hydrogen-bond acceptors (Lipinski definition) is 5. The quantitative estimate of drug-likeness (QED) is 0.590. The highest BCUT2D eigenvalue weighted by Crippen LogP contribution is 2.29. The molecule has 0 aliphatic rings. The number of rotatable bonds is 7. The van der Waals surface area contributed by atoms with Crippen molar-refractivity contribution < 1.29 is 14.3 Å². The van der Waals surface area contributed by atoms with Gasteiger partial charge >= 0.3 is 0 Å². The van der Waals surface area contributed by atoms with Crippen molar-refractivity contribution >= 4 is 11.6 Å². The van der Waals surface area contributed by atoms with Crippen LogP contribution in [-0.2, 0) is 4.79 Å². The molecule has 0 saturated carbocycles. The van der Waals surface area contributed by atoms with Gasteiger partial charge in [-0.25, -0.2) is 0 Å². The number of amides is 1. The number of nitriles is 1. The second-order valence-corrected chi connectivity index (χ2v) is 5.49. The Morgan fingerprint density at radius 3 is 2.50 bits per heavy atom. The largest absolute Gasteiger partial charge is 0.497 e. The first-order valence-electron chi connectivity index (χ1n) is 8.03. The maximum Gasteiger partial charge on any atom is 0.263 e. The molecular weight excluding hydrogens is 330 g/mol. The minimum Gasteiger partial charge on any atom is -0.497 e. The van der Waals surface area contributed by atoms with Gasteiger partial charge in [-0.2, -0.15) is 5.26 Å². The van der Waals surface area contributed by atoms with E-state index in [9.17, 15) is 10.1 Å². The van der Waals surface area contributed by atoms with Crippen molar-refractivity contribution in [3.8, 4) is 17.6 Å². The molecule has 2 rings (SSSR count). The maximum atomic E-state index is 12.3. The lowest BCUT2D eigenvalue weighted by molar-refractivity contribution is -0.117. The van der Waals surface area contributed by atoms with Crippen molar-refractivity contribution in [2.24, 2.45) is 0 Å². The number of methoxy groups -OCH3 is 2. The SMILES string of the molecule is COc1ccc(N/C=C(/C#N)C(=O)NC(C)c2ccccc2)c(OC)c1. The average molecular weight is 351 g/mol. The molecule has 0 aliphatic carbocycles. The minimum absolute atomic E-state index is 0.0364. The Morgan fingerprint density at radius 1 is 1.15 bits per heavy atom. The van der Waals surface area contributed by atoms with Gasteiger partial charge < -0.3 is 20.1 Å². The first kappa shape index (κ1) is 18.9. The monoisotopic (exact) mass is 351 g/mol. The van der Waals surface area contributed by atoms with E-state index in [1.165, 1.54) is 13.3 Å². The molecule has 6 nitrogen and oxygen atoms in total. The molecule has 2 N–H and O–H groups in total. The maximum absolute atomic E-state index is 12.3. The summed E-state index contributed by atoms with van der Waals surface area (Å²) in [5.74, 6) is 0.728. The Labute approximate surface area is 153 Å². The first-order valence-corrected chi connectivity index (χ1v) is 8.03. The number of nitrogens with zero attached hydrogens (tertiary/aromatic N) is 1.